The van der Waals surface area contributed by atoms with Crippen molar-refractivity contribution in [3.8, 4) is 0 Å². The van der Waals surface area contributed by atoms with Crippen molar-refractivity contribution in [3.05, 3.63) is 62.6 Å². The van der Waals surface area contributed by atoms with Crippen LogP contribution in [-0.4, -0.2) is 18.4 Å². The number of carbonyl (C=O) groups is 2. The molecule has 0 saturated heterocycles. The van der Waals surface area contributed by atoms with Gasteiger partial charge in [-0.1, -0.05) is 40.9 Å². The van der Waals surface area contributed by atoms with Crippen LogP contribution in [0.2, 0.25) is 10.0 Å². The van der Waals surface area contributed by atoms with Gasteiger partial charge in [-0.25, -0.2) is 0 Å². The van der Waals surface area contributed by atoms with Gasteiger partial charge in [0, 0.05) is 11.3 Å². The molecule has 0 aliphatic carbocycles. The molecule has 0 heterocycles. The molecule has 2 N–H and O–H groups in total. The molecule has 2 aromatic rings. The van der Waals surface area contributed by atoms with E-state index in [1.165, 1.54) is 12.1 Å². The summed E-state index contributed by atoms with van der Waals surface area (Å²) in [6.45, 7) is 5.74. The molecule has 0 bridgehead atoms. The molecule has 0 unspecified atom stereocenters. The monoisotopic (exact) mass is 364 g/mol. The largest absolute Gasteiger partial charge is 0.343 e. The molecule has 24 heavy (non-hydrogen) atoms. The first-order valence-corrected chi connectivity index (χ1v) is 8.14. The van der Waals surface area contributed by atoms with E-state index in [0.717, 1.165) is 22.4 Å². The van der Waals surface area contributed by atoms with Gasteiger partial charge in [-0.3, -0.25) is 9.59 Å². The number of amides is 2. The van der Waals surface area contributed by atoms with E-state index in [1.807, 2.05) is 32.9 Å². The number of anilines is 1. The zero-order valence-electron chi connectivity index (χ0n) is 13.7. The fourth-order valence-electron chi connectivity index (χ4n) is 2.46. The number of benzene rings is 2. The maximum absolute atomic E-state index is 12.1. The molecular formula is C18H18Cl2N2O2. The number of nitrogens with one attached hydrogen (secondary N) is 2. The molecule has 0 atom stereocenters. The van der Waals surface area contributed by atoms with E-state index in [1.54, 1.807) is 6.07 Å². The van der Waals surface area contributed by atoms with Gasteiger partial charge < -0.3 is 10.6 Å². The average molecular weight is 365 g/mol. The highest BCUT2D eigenvalue weighted by molar-refractivity contribution is 6.42. The highest BCUT2D eigenvalue weighted by Gasteiger charge is 2.12. The lowest BCUT2D eigenvalue weighted by molar-refractivity contribution is -0.115. The van der Waals surface area contributed by atoms with Crippen molar-refractivity contribution in [1.82, 2.24) is 5.32 Å². The Bertz CT molecular complexity index is 781. The van der Waals surface area contributed by atoms with Crippen molar-refractivity contribution >= 4 is 40.7 Å². The standard InChI is InChI=1S/C18H18Cl2N2O2/c1-10-6-11(2)17(12(3)7-10)22-16(23)9-21-18(24)13-4-5-14(19)15(20)8-13/h4-8H,9H2,1-3H3,(H,21,24)(H,22,23). The molecule has 0 radical (unpaired) electrons. The van der Waals surface area contributed by atoms with E-state index >= 15 is 0 Å². The van der Waals surface area contributed by atoms with Crippen molar-refractivity contribution in [2.45, 2.75) is 20.8 Å². The summed E-state index contributed by atoms with van der Waals surface area (Å²) in [7, 11) is 0. The van der Waals surface area contributed by atoms with Crippen LogP contribution in [0.15, 0.2) is 30.3 Å². The van der Waals surface area contributed by atoms with Crippen molar-refractivity contribution in [3.63, 3.8) is 0 Å². The first-order chi connectivity index (χ1) is 11.3. The van der Waals surface area contributed by atoms with Crippen molar-refractivity contribution < 1.29 is 9.59 Å². The Morgan fingerprint density at radius 3 is 2.17 bits per heavy atom. The Balaban J connectivity index is 1.98. The molecule has 4 nitrogen and oxygen atoms in total. The van der Waals surface area contributed by atoms with Gasteiger partial charge >= 0.3 is 0 Å². The van der Waals surface area contributed by atoms with E-state index < -0.39 is 0 Å². The average Bonchev–Trinajstić information content (AvgIpc) is 2.51. The number of hydrogen-bond acceptors (Lipinski definition) is 2. The maximum Gasteiger partial charge on any atom is 0.251 e. The lowest BCUT2D eigenvalue weighted by atomic mass is 10.1. The van der Waals surface area contributed by atoms with Gasteiger partial charge in [-0.2, -0.15) is 0 Å². The summed E-state index contributed by atoms with van der Waals surface area (Å²) >= 11 is 11.7. The van der Waals surface area contributed by atoms with E-state index in [-0.39, 0.29) is 18.4 Å². The highest BCUT2D eigenvalue weighted by atomic mass is 35.5. The third-order valence-electron chi connectivity index (χ3n) is 3.53. The van der Waals surface area contributed by atoms with Gasteiger partial charge in [0.05, 0.1) is 16.6 Å². The molecule has 2 amide bonds. The number of halogens is 2. The molecule has 2 aromatic carbocycles. The topological polar surface area (TPSA) is 58.2 Å². The number of carbonyl (C=O) groups excluding carboxylic acids is 2. The summed E-state index contributed by atoms with van der Waals surface area (Å²) in [5.74, 6) is -0.681. The van der Waals surface area contributed by atoms with Crippen LogP contribution in [0.4, 0.5) is 5.69 Å². The molecule has 126 valence electrons. The van der Waals surface area contributed by atoms with Crippen molar-refractivity contribution in [2.75, 3.05) is 11.9 Å². The second-order valence-electron chi connectivity index (χ2n) is 5.63. The smallest absolute Gasteiger partial charge is 0.251 e. The molecular weight excluding hydrogens is 347 g/mol. The Kier molecular flexibility index (Phi) is 5.86. The third kappa shape index (κ3) is 4.49. The van der Waals surface area contributed by atoms with Crippen molar-refractivity contribution in [1.29, 1.82) is 0 Å². The first-order valence-electron chi connectivity index (χ1n) is 7.39. The Morgan fingerprint density at radius 2 is 1.58 bits per heavy atom. The lowest BCUT2D eigenvalue weighted by Gasteiger charge is -2.13. The number of rotatable bonds is 4. The summed E-state index contributed by atoms with van der Waals surface area (Å²) in [4.78, 5) is 24.1. The summed E-state index contributed by atoms with van der Waals surface area (Å²) < 4.78 is 0. The fourth-order valence-corrected chi connectivity index (χ4v) is 2.76. The zero-order chi connectivity index (χ0) is 17.9. The minimum Gasteiger partial charge on any atom is -0.343 e. The number of hydrogen-bond donors (Lipinski definition) is 2. The van der Waals surface area contributed by atoms with Crippen LogP contribution in [-0.2, 0) is 4.79 Å². The molecule has 0 fully saturated rings. The molecule has 0 spiro atoms. The maximum atomic E-state index is 12.1. The summed E-state index contributed by atoms with van der Waals surface area (Å²) in [6, 6.07) is 8.55. The Hall–Kier alpha value is -2.04. The van der Waals surface area contributed by atoms with Gasteiger partial charge in [0.15, 0.2) is 0 Å². The normalized spacial score (nSPS) is 10.4. The lowest BCUT2D eigenvalue weighted by Crippen LogP contribution is -2.33. The van der Waals surface area contributed by atoms with Gasteiger partial charge in [0.1, 0.15) is 0 Å². The minimum atomic E-state index is -0.388. The van der Waals surface area contributed by atoms with Gasteiger partial charge in [0.2, 0.25) is 5.91 Å². The summed E-state index contributed by atoms with van der Waals surface area (Å²) in [6.07, 6.45) is 0. The first kappa shape index (κ1) is 18.3. The quantitative estimate of drug-likeness (QED) is 0.849. The van der Waals surface area contributed by atoms with E-state index in [4.69, 9.17) is 23.2 Å². The second-order valence-corrected chi connectivity index (χ2v) is 6.45. The number of aryl methyl sites for hydroxylation is 3. The zero-order valence-corrected chi connectivity index (χ0v) is 15.2. The van der Waals surface area contributed by atoms with E-state index in [0.29, 0.717) is 15.6 Å². The Labute approximate surface area is 151 Å². The third-order valence-corrected chi connectivity index (χ3v) is 4.27. The predicted molar refractivity (Wildman–Crippen MR) is 98.1 cm³/mol. The summed E-state index contributed by atoms with van der Waals surface area (Å²) in [5.41, 5.74) is 4.22. The van der Waals surface area contributed by atoms with E-state index in [2.05, 4.69) is 10.6 Å². The van der Waals surface area contributed by atoms with Crippen LogP contribution in [0.3, 0.4) is 0 Å². The van der Waals surface area contributed by atoms with Gasteiger partial charge in [0.25, 0.3) is 5.91 Å². The molecule has 6 heteroatoms. The molecule has 0 saturated carbocycles. The molecule has 2 rings (SSSR count). The van der Waals surface area contributed by atoms with Crippen LogP contribution < -0.4 is 10.6 Å². The highest BCUT2D eigenvalue weighted by Crippen LogP contribution is 2.23. The van der Waals surface area contributed by atoms with Crippen LogP contribution in [0.1, 0.15) is 27.0 Å². The van der Waals surface area contributed by atoms with Crippen LogP contribution in [0, 0.1) is 20.8 Å². The van der Waals surface area contributed by atoms with Crippen LogP contribution in [0.5, 0.6) is 0 Å². The van der Waals surface area contributed by atoms with Crippen molar-refractivity contribution in [2.24, 2.45) is 0 Å². The van der Waals surface area contributed by atoms with Gasteiger partial charge in [-0.15, -0.1) is 0 Å². The SMILES string of the molecule is Cc1cc(C)c(NC(=O)CNC(=O)c2ccc(Cl)c(Cl)c2)c(C)c1. The van der Waals surface area contributed by atoms with Crippen LogP contribution in [0.25, 0.3) is 0 Å². The fraction of sp³-hybridized carbons (Fsp3) is 0.222. The molecule has 0 aliphatic heterocycles. The Morgan fingerprint density at radius 1 is 0.958 bits per heavy atom. The molecule has 0 aromatic heterocycles. The van der Waals surface area contributed by atoms with Crippen LogP contribution >= 0.6 is 23.2 Å². The van der Waals surface area contributed by atoms with E-state index in [9.17, 15) is 9.59 Å². The minimum absolute atomic E-state index is 0.133. The summed E-state index contributed by atoms with van der Waals surface area (Å²) in [5, 5.41) is 6.06. The predicted octanol–water partition coefficient (Wildman–Crippen LogP) is 4.29. The second kappa shape index (κ2) is 7.69. The molecule has 0 aliphatic rings. The van der Waals surface area contributed by atoms with Gasteiger partial charge in [-0.05, 0) is 50.1 Å².